The summed E-state index contributed by atoms with van der Waals surface area (Å²) in [6.07, 6.45) is 13.3. The van der Waals surface area contributed by atoms with Crippen LogP contribution < -0.4 is 4.74 Å². The Hall–Kier alpha value is -1.94. The summed E-state index contributed by atoms with van der Waals surface area (Å²) in [5.41, 5.74) is 2.24. The van der Waals surface area contributed by atoms with Crippen LogP contribution in [0.15, 0.2) is 36.7 Å². The molecule has 0 saturated heterocycles. The van der Waals surface area contributed by atoms with Crippen molar-refractivity contribution in [3.63, 3.8) is 0 Å². The van der Waals surface area contributed by atoms with E-state index in [0.29, 0.717) is 5.92 Å². The number of unbranched alkanes of at least 4 members (excludes halogenated alkanes) is 4. The second-order valence-electron chi connectivity index (χ2n) is 7.89. The number of hydrogen-bond acceptors (Lipinski definition) is 4. The van der Waals surface area contributed by atoms with Gasteiger partial charge in [0.05, 0.1) is 6.61 Å². The van der Waals surface area contributed by atoms with Gasteiger partial charge in [-0.15, -0.1) is 0 Å². The Kier molecular flexibility index (Phi) is 11.4. The van der Waals surface area contributed by atoms with Crippen molar-refractivity contribution < 1.29 is 9.47 Å². The molecule has 1 aromatic carbocycles. The Morgan fingerprint density at radius 2 is 1.59 bits per heavy atom. The van der Waals surface area contributed by atoms with Gasteiger partial charge in [-0.2, -0.15) is 0 Å². The summed E-state index contributed by atoms with van der Waals surface area (Å²) in [7, 11) is 0. The minimum absolute atomic E-state index is 0.649. The van der Waals surface area contributed by atoms with Crippen molar-refractivity contribution in [2.24, 2.45) is 5.92 Å². The SMILES string of the molecule is CCCCCCc1cnc(-c2ccc(OCCCCOCC(C)CC)cc2)nc1. The van der Waals surface area contributed by atoms with Gasteiger partial charge in [-0.05, 0) is 61.4 Å². The molecule has 0 aliphatic rings. The fourth-order valence-electron chi connectivity index (χ4n) is 2.99. The second-order valence-corrected chi connectivity index (χ2v) is 7.89. The first kappa shape index (κ1) is 23.3. The number of nitrogens with zero attached hydrogens (tertiary/aromatic N) is 2. The average Bonchev–Trinajstić information content (AvgIpc) is 2.77. The number of aryl methyl sites for hydroxylation is 1. The van der Waals surface area contributed by atoms with Gasteiger partial charge in [-0.25, -0.2) is 9.97 Å². The van der Waals surface area contributed by atoms with Crippen LogP contribution in [0.4, 0.5) is 0 Å². The molecule has 1 atom stereocenters. The third-order valence-electron chi connectivity index (χ3n) is 5.19. The largest absolute Gasteiger partial charge is 0.494 e. The zero-order valence-corrected chi connectivity index (χ0v) is 18.5. The number of ether oxygens (including phenoxy) is 2. The minimum Gasteiger partial charge on any atom is -0.494 e. The first-order valence-corrected chi connectivity index (χ1v) is 11.3. The molecule has 0 aliphatic carbocycles. The van der Waals surface area contributed by atoms with Crippen LogP contribution in [0.3, 0.4) is 0 Å². The van der Waals surface area contributed by atoms with E-state index >= 15 is 0 Å². The van der Waals surface area contributed by atoms with E-state index in [1.54, 1.807) is 0 Å². The van der Waals surface area contributed by atoms with E-state index in [1.165, 1.54) is 37.7 Å². The van der Waals surface area contributed by atoms with Gasteiger partial charge in [0.25, 0.3) is 0 Å². The molecule has 1 unspecified atom stereocenters. The van der Waals surface area contributed by atoms with Crippen LogP contribution in [0, 0.1) is 5.92 Å². The highest BCUT2D eigenvalue weighted by molar-refractivity contribution is 5.55. The van der Waals surface area contributed by atoms with Gasteiger partial charge < -0.3 is 9.47 Å². The van der Waals surface area contributed by atoms with Crippen LogP contribution in [-0.4, -0.2) is 29.8 Å². The van der Waals surface area contributed by atoms with Crippen molar-refractivity contribution in [2.75, 3.05) is 19.8 Å². The van der Waals surface area contributed by atoms with Crippen LogP contribution in [0.5, 0.6) is 5.75 Å². The van der Waals surface area contributed by atoms with E-state index in [-0.39, 0.29) is 0 Å². The van der Waals surface area contributed by atoms with E-state index in [1.807, 2.05) is 36.7 Å². The molecular formula is C25H38N2O2. The van der Waals surface area contributed by atoms with E-state index < -0.39 is 0 Å². The molecule has 0 bridgehead atoms. The van der Waals surface area contributed by atoms with Crippen molar-refractivity contribution in [1.29, 1.82) is 0 Å². The predicted molar refractivity (Wildman–Crippen MR) is 120 cm³/mol. The van der Waals surface area contributed by atoms with Gasteiger partial charge in [0.15, 0.2) is 5.82 Å². The molecule has 0 fully saturated rings. The van der Waals surface area contributed by atoms with E-state index in [4.69, 9.17) is 9.47 Å². The highest BCUT2D eigenvalue weighted by Crippen LogP contribution is 2.20. The zero-order chi connectivity index (χ0) is 20.7. The first-order chi connectivity index (χ1) is 14.2. The monoisotopic (exact) mass is 398 g/mol. The molecule has 1 heterocycles. The Balaban J connectivity index is 1.67. The topological polar surface area (TPSA) is 44.2 Å². The van der Waals surface area contributed by atoms with Crippen LogP contribution in [0.2, 0.25) is 0 Å². The molecule has 2 aromatic rings. The number of benzene rings is 1. The van der Waals surface area contributed by atoms with Gasteiger partial charge in [0.1, 0.15) is 5.75 Å². The van der Waals surface area contributed by atoms with Gasteiger partial charge >= 0.3 is 0 Å². The third kappa shape index (κ3) is 9.40. The zero-order valence-electron chi connectivity index (χ0n) is 18.5. The van der Waals surface area contributed by atoms with Crippen molar-refractivity contribution >= 4 is 0 Å². The van der Waals surface area contributed by atoms with Crippen LogP contribution in [0.25, 0.3) is 11.4 Å². The van der Waals surface area contributed by atoms with Crippen LogP contribution in [0.1, 0.15) is 71.3 Å². The fraction of sp³-hybridized carbons (Fsp3) is 0.600. The molecule has 0 spiro atoms. The molecule has 0 N–H and O–H groups in total. The van der Waals surface area contributed by atoms with Crippen molar-refractivity contribution in [1.82, 2.24) is 9.97 Å². The number of aromatic nitrogens is 2. The summed E-state index contributed by atoms with van der Waals surface area (Å²) in [5, 5.41) is 0. The molecule has 0 saturated carbocycles. The average molecular weight is 399 g/mol. The van der Waals surface area contributed by atoms with Crippen molar-refractivity contribution in [3.05, 3.63) is 42.2 Å². The molecular weight excluding hydrogens is 360 g/mol. The molecule has 2 rings (SSSR count). The van der Waals surface area contributed by atoms with Crippen molar-refractivity contribution in [2.45, 2.75) is 72.1 Å². The van der Waals surface area contributed by atoms with Crippen LogP contribution in [-0.2, 0) is 11.2 Å². The smallest absolute Gasteiger partial charge is 0.159 e. The highest BCUT2D eigenvalue weighted by atomic mass is 16.5. The Morgan fingerprint density at radius 1 is 0.862 bits per heavy atom. The number of rotatable bonds is 15. The predicted octanol–water partition coefficient (Wildman–Crippen LogP) is 6.49. The summed E-state index contributed by atoms with van der Waals surface area (Å²) < 4.78 is 11.5. The molecule has 1 aromatic heterocycles. The van der Waals surface area contributed by atoms with Gasteiger partial charge in [-0.1, -0.05) is 46.5 Å². The normalized spacial score (nSPS) is 12.1. The van der Waals surface area contributed by atoms with Gasteiger partial charge in [0, 0.05) is 31.2 Å². The lowest BCUT2D eigenvalue weighted by atomic mass is 10.1. The summed E-state index contributed by atoms with van der Waals surface area (Å²) in [5.74, 6) is 2.31. The first-order valence-electron chi connectivity index (χ1n) is 11.3. The summed E-state index contributed by atoms with van der Waals surface area (Å²) in [4.78, 5) is 9.07. The minimum atomic E-state index is 0.649. The molecule has 4 heteroatoms. The standard InChI is InChI=1S/C25H38N2O2/c1-4-6-7-8-11-22-18-26-25(27-19-22)23-12-14-24(15-13-23)29-17-10-9-16-28-20-21(3)5-2/h12-15,18-19,21H,4-11,16-17,20H2,1-3H3. The maximum absolute atomic E-state index is 5.83. The van der Waals surface area contributed by atoms with E-state index in [0.717, 1.165) is 56.2 Å². The van der Waals surface area contributed by atoms with E-state index in [2.05, 4.69) is 30.7 Å². The van der Waals surface area contributed by atoms with Crippen molar-refractivity contribution in [3.8, 4) is 17.1 Å². The maximum atomic E-state index is 5.83. The number of hydrogen-bond donors (Lipinski definition) is 0. The van der Waals surface area contributed by atoms with E-state index in [9.17, 15) is 0 Å². The van der Waals surface area contributed by atoms with Gasteiger partial charge in [0.2, 0.25) is 0 Å². The lowest BCUT2D eigenvalue weighted by Crippen LogP contribution is -2.06. The molecule has 4 nitrogen and oxygen atoms in total. The lowest BCUT2D eigenvalue weighted by Gasteiger charge is -2.10. The third-order valence-corrected chi connectivity index (χ3v) is 5.19. The molecule has 0 radical (unpaired) electrons. The molecule has 0 amide bonds. The highest BCUT2D eigenvalue weighted by Gasteiger charge is 2.03. The van der Waals surface area contributed by atoms with Gasteiger partial charge in [-0.3, -0.25) is 0 Å². The lowest BCUT2D eigenvalue weighted by molar-refractivity contribution is 0.0977. The Labute approximate surface area is 177 Å². The second kappa shape index (κ2) is 14.1. The summed E-state index contributed by atoms with van der Waals surface area (Å²) in [6, 6.07) is 8.05. The Morgan fingerprint density at radius 3 is 2.28 bits per heavy atom. The fourth-order valence-corrected chi connectivity index (χ4v) is 2.99. The van der Waals surface area contributed by atoms with Crippen LogP contribution >= 0.6 is 0 Å². The summed E-state index contributed by atoms with van der Waals surface area (Å²) >= 11 is 0. The molecule has 29 heavy (non-hydrogen) atoms. The summed E-state index contributed by atoms with van der Waals surface area (Å²) in [6.45, 7) is 9.05. The Bertz CT molecular complexity index is 656. The maximum Gasteiger partial charge on any atom is 0.159 e. The molecule has 160 valence electrons. The molecule has 0 aliphatic heterocycles. The quantitative estimate of drug-likeness (QED) is 0.322.